The van der Waals surface area contributed by atoms with Gasteiger partial charge in [-0.1, -0.05) is 26.2 Å². The summed E-state index contributed by atoms with van der Waals surface area (Å²) in [6.07, 6.45) is 6.71. The largest absolute Gasteiger partial charge is 0.396 e. The second kappa shape index (κ2) is 4.97. The van der Waals surface area contributed by atoms with Crippen molar-refractivity contribution in [1.82, 2.24) is 5.32 Å². The van der Waals surface area contributed by atoms with Gasteiger partial charge in [-0.3, -0.25) is 0 Å². The fraction of sp³-hybridized carbons (Fsp3) is 1.00. The molecule has 0 saturated heterocycles. The van der Waals surface area contributed by atoms with Crippen molar-refractivity contribution >= 4 is 0 Å². The highest BCUT2D eigenvalue weighted by Gasteiger charge is 2.25. The van der Waals surface area contributed by atoms with E-state index in [9.17, 15) is 0 Å². The van der Waals surface area contributed by atoms with Gasteiger partial charge in [-0.2, -0.15) is 0 Å². The second-order valence-corrected chi connectivity index (χ2v) is 4.79. The molecule has 0 radical (unpaired) electrons. The van der Waals surface area contributed by atoms with E-state index in [0.717, 1.165) is 6.54 Å². The van der Waals surface area contributed by atoms with E-state index in [1.165, 1.54) is 32.1 Å². The molecule has 2 heteroatoms. The summed E-state index contributed by atoms with van der Waals surface area (Å²) >= 11 is 0. The van der Waals surface area contributed by atoms with E-state index in [2.05, 4.69) is 19.2 Å². The van der Waals surface area contributed by atoms with E-state index in [1.54, 1.807) is 0 Å². The van der Waals surface area contributed by atoms with Crippen molar-refractivity contribution in [3.05, 3.63) is 0 Å². The van der Waals surface area contributed by atoms with Gasteiger partial charge in [-0.05, 0) is 25.7 Å². The van der Waals surface area contributed by atoms with Gasteiger partial charge in [0.05, 0.1) is 0 Å². The van der Waals surface area contributed by atoms with Gasteiger partial charge >= 0.3 is 0 Å². The van der Waals surface area contributed by atoms with Crippen LogP contribution < -0.4 is 5.32 Å². The highest BCUT2D eigenvalue weighted by atomic mass is 16.3. The number of aliphatic hydroxyl groups is 1. The standard InChI is InChI=1S/C11H23NO/c1-10(9-13)8-12-11(2)6-4-3-5-7-11/h10,12-13H,3-9H2,1-2H3. The first-order valence-corrected chi connectivity index (χ1v) is 5.52. The maximum absolute atomic E-state index is 8.91. The van der Waals surface area contributed by atoms with Crippen molar-refractivity contribution in [2.45, 2.75) is 51.5 Å². The molecule has 2 nitrogen and oxygen atoms in total. The molecule has 2 N–H and O–H groups in total. The Morgan fingerprint density at radius 2 is 1.92 bits per heavy atom. The van der Waals surface area contributed by atoms with Crippen LogP contribution in [0.2, 0.25) is 0 Å². The molecule has 0 aliphatic heterocycles. The minimum Gasteiger partial charge on any atom is -0.396 e. The van der Waals surface area contributed by atoms with Crippen LogP contribution in [0, 0.1) is 5.92 Å². The topological polar surface area (TPSA) is 32.3 Å². The smallest absolute Gasteiger partial charge is 0.0468 e. The third-order valence-corrected chi connectivity index (χ3v) is 3.15. The molecule has 1 unspecified atom stereocenters. The van der Waals surface area contributed by atoms with Crippen LogP contribution in [0.5, 0.6) is 0 Å². The number of hydrogen-bond donors (Lipinski definition) is 2. The molecule has 1 atom stereocenters. The second-order valence-electron chi connectivity index (χ2n) is 4.79. The van der Waals surface area contributed by atoms with E-state index in [1.807, 2.05) is 0 Å². The SMILES string of the molecule is CC(CO)CNC1(C)CCCCC1. The molecule has 0 spiro atoms. The van der Waals surface area contributed by atoms with Gasteiger partial charge in [0, 0.05) is 18.7 Å². The zero-order valence-electron chi connectivity index (χ0n) is 8.97. The van der Waals surface area contributed by atoms with Crippen LogP contribution >= 0.6 is 0 Å². The molecule has 0 heterocycles. The minimum absolute atomic E-state index is 0.295. The molecule has 1 aliphatic rings. The first-order valence-electron chi connectivity index (χ1n) is 5.52. The van der Waals surface area contributed by atoms with Crippen molar-refractivity contribution in [3.8, 4) is 0 Å². The fourth-order valence-electron chi connectivity index (χ4n) is 1.99. The Balaban J connectivity index is 2.24. The predicted molar refractivity (Wildman–Crippen MR) is 55.7 cm³/mol. The number of nitrogens with one attached hydrogen (secondary N) is 1. The van der Waals surface area contributed by atoms with Crippen molar-refractivity contribution in [3.63, 3.8) is 0 Å². The first-order chi connectivity index (χ1) is 6.16. The monoisotopic (exact) mass is 185 g/mol. The molecule has 1 fully saturated rings. The molecule has 0 aromatic heterocycles. The molecule has 13 heavy (non-hydrogen) atoms. The molecular formula is C11H23NO. The zero-order valence-corrected chi connectivity index (χ0v) is 8.97. The summed E-state index contributed by atoms with van der Waals surface area (Å²) in [4.78, 5) is 0. The number of hydrogen-bond acceptors (Lipinski definition) is 2. The van der Waals surface area contributed by atoms with Crippen molar-refractivity contribution in [1.29, 1.82) is 0 Å². The lowest BCUT2D eigenvalue weighted by Gasteiger charge is -2.35. The van der Waals surface area contributed by atoms with Crippen LogP contribution in [0.4, 0.5) is 0 Å². The van der Waals surface area contributed by atoms with Gasteiger partial charge in [0.1, 0.15) is 0 Å². The third kappa shape index (κ3) is 3.65. The number of aliphatic hydroxyl groups excluding tert-OH is 1. The molecule has 0 amide bonds. The van der Waals surface area contributed by atoms with Gasteiger partial charge in [-0.15, -0.1) is 0 Å². The Bertz CT molecular complexity index is 141. The Morgan fingerprint density at radius 3 is 2.46 bits per heavy atom. The summed E-state index contributed by atoms with van der Waals surface area (Å²) in [7, 11) is 0. The average Bonchev–Trinajstić information content (AvgIpc) is 2.15. The van der Waals surface area contributed by atoms with Gasteiger partial charge in [-0.25, -0.2) is 0 Å². The van der Waals surface area contributed by atoms with Crippen molar-refractivity contribution < 1.29 is 5.11 Å². The molecular weight excluding hydrogens is 162 g/mol. The predicted octanol–water partition coefficient (Wildman–Crippen LogP) is 1.93. The summed E-state index contributed by atoms with van der Waals surface area (Å²) < 4.78 is 0. The van der Waals surface area contributed by atoms with E-state index in [4.69, 9.17) is 5.11 Å². The van der Waals surface area contributed by atoms with Crippen molar-refractivity contribution in [2.75, 3.05) is 13.2 Å². The van der Waals surface area contributed by atoms with E-state index >= 15 is 0 Å². The van der Waals surface area contributed by atoms with E-state index < -0.39 is 0 Å². The van der Waals surface area contributed by atoms with Gasteiger partial charge in [0.25, 0.3) is 0 Å². The van der Waals surface area contributed by atoms with Crippen LogP contribution in [0.1, 0.15) is 46.0 Å². The van der Waals surface area contributed by atoms with E-state index in [0.29, 0.717) is 18.1 Å². The molecule has 1 aliphatic carbocycles. The summed E-state index contributed by atoms with van der Waals surface area (Å²) in [6, 6.07) is 0. The maximum Gasteiger partial charge on any atom is 0.0468 e. The Morgan fingerprint density at radius 1 is 1.31 bits per heavy atom. The van der Waals surface area contributed by atoms with Gasteiger partial charge < -0.3 is 10.4 Å². The van der Waals surface area contributed by atoms with Crippen LogP contribution in [0.25, 0.3) is 0 Å². The summed E-state index contributed by atoms with van der Waals surface area (Å²) in [6.45, 7) is 5.64. The normalized spacial score (nSPS) is 24.2. The molecule has 0 aromatic carbocycles. The lowest BCUT2D eigenvalue weighted by molar-refractivity contribution is 0.199. The quantitative estimate of drug-likeness (QED) is 0.701. The van der Waals surface area contributed by atoms with Crippen LogP contribution in [-0.2, 0) is 0 Å². The summed E-state index contributed by atoms with van der Waals surface area (Å²) in [5.74, 6) is 0.388. The van der Waals surface area contributed by atoms with Crippen molar-refractivity contribution in [2.24, 2.45) is 5.92 Å². The average molecular weight is 185 g/mol. The molecule has 78 valence electrons. The van der Waals surface area contributed by atoms with Crippen LogP contribution in [-0.4, -0.2) is 23.8 Å². The summed E-state index contributed by atoms with van der Waals surface area (Å²) in [5, 5.41) is 12.5. The highest BCUT2D eigenvalue weighted by molar-refractivity contribution is 4.86. The van der Waals surface area contributed by atoms with E-state index in [-0.39, 0.29) is 0 Å². The molecule has 0 bridgehead atoms. The lowest BCUT2D eigenvalue weighted by atomic mass is 9.83. The Labute approximate surface area is 81.7 Å². The molecule has 0 aromatic rings. The van der Waals surface area contributed by atoms with Gasteiger partial charge in [0.15, 0.2) is 0 Å². The molecule has 1 saturated carbocycles. The Kier molecular flexibility index (Phi) is 4.20. The zero-order chi connectivity index (χ0) is 9.73. The van der Waals surface area contributed by atoms with Crippen LogP contribution in [0.3, 0.4) is 0 Å². The highest BCUT2D eigenvalue weighted by Crippen LogP contribution is 2.27. The minimum atomic E-state index is 0.295. The maximum atomic E-state index is 8.91. The molecule has 1 rings (SSSR count). The van der Waals surface area contributed by atoms with Crippen LogP contribution in [0.15, 0.2) is 0 Å². The number of rotatable bonds is 4. The Hall–Kier alpha value is -0.0800. The summed E-state index contributed by atoms with van der Waals surface area (Å²) in [5.41, 5.74) is 0.349. The van der Waals surface area contributed by atoms with Gasteiger partial charge in [0.2, 0.25) is 0 Å². The first kappa shape index (κ1) is 11.0. The third-order valence-electron chi connectivity index (χ3n) is 3.15. The fourth-order valence-corrected chi connectivity index (χ4v) is 1.99. The lowest BCUT2D eigenvalue weighted by Crippen LogP contribution is -2.46.